The van der Waals surface area contributed by atoms with E-state index >= 15 is 0 Å². The molecule has 6 heteroatoms. The second-order valence-corrected chi connectivity index (χ2v) is 6.51. The first kappa shape index (κ1) is 19.4. The number of para-hydroxylation sites is 1. The van der Waals surface area contributed by atoms with E-state index in [1.165, 1.54) is 0 Å². The summed E-state index contributed by atoms with van der Waals surface area (Å²) in [5, 5.41) is 3.06. The summed E-state index contributed by atoms with van der Waals surface area (Å²) in [4.78, 5) is 16.7. The van der Waals surface area contributed by atoms with Gasteiger partial charge in [0.05, 0.1) is 20.3 Å². The quantitative estimate of drug-likeness (QED) is 0.858. The van der Waals surface area contributed by atoms with Gasteiger partial charge in [0.25, 0.3) is 0 Å². The smallest absolute Gasteiger partial charge is 0.317 e. The lowest BCUT2D eigenvalue weighted by molar-refractivity contribution is 0.178. The minimum absolute atomic E-state index is 0.0120. The zero-order valence-corrected chi connectivity index (χ0v) is 15.9. The number of carbonyl (C=O) groups excluding carboxylic acids is 1. The highest BCUT2D eigenvalue weighted by Gasteiger charge is 2.20. The van der Waals surface area contributed by atoms with Crippen molar-refractivity contribution >= 4 is 6.03 Å². The monoisotopic (exact) mass is 349 g/mol. The van der Waals surface area contributed by atoms with Crippen LogP contribution in [0.2, 0.25) is 0 Å². The van der Waals surface area contributed by atoms with E-state index in [0.717, 1.165) is 36.4 Å². The Hall–Kier alpha value is -1.95. The molecular weight excluding hydrogens is 318 g/mol. The fraction of sp³-hybridized carbons (Fsp3) is 0.632. The van der Waals surface area contributed by atoms with Crippen molar-refractivity contribution in [2.75, 3.05) is 40.4 Å². The number of amides is 2. The molecule has 0 saturated carbocycles. The fourth-order valence-corrected chi connectivity index (χ4v) is 2.93. The molecule has 1 aromatic carbocycles. The maximum Gasteiger partial charge on any atom is 0.317 e. The molecule has 1 aliphatic rings. The Bertz CT molecular complexity index is 565. The number of hydrogen-bond donors (Lipinski definition) is 1. The molecule has 1 aromatic rings. The van der Waals surface area contributed by atoms with Crippen molar-refractivity contribution < 1.29 is 14.3 Å². The molecule has 0 bridgehead atoms. The van der Waals surface area contributed by atoms with E-state index in [2.05, 4.69) is 31.1 Å². The van der Waals surface area contributed by atoms with Gasteiger partial charge in [0, 0.05) is 24.7 Å². The molecule has 0 radical (unpaired) electrons. The van der Waals surface area contributed by atoms with Crippen molar-refractivity contribution in [3.8, 4) is 11.5 Å². The molecule has 6 nitrogen and oxygen atoms in total. The number of nitrogens with one attached hydrogen (secondary N) is 1. The highest BCUT2D eigenvalue weighted by molar-refractivity contribution is 5.74. The van der Waals surface area contributed by atoms with E-state index in [-0.39, 0.29) is 6.03 Å². The standard InChI is InChI=1S/C19H31N3O3/c1-5-21(3)15(2)10-11-20-19(23)22-12-7-13-25-18-16(14-22)8-6-9-17(18)24-4/h6,8-9,15H,5,7,10-14H2,1-4H3,(H,20,23). The molecule has 0 fully saturated rings. The van der Waals surface area contributed by atoms with Gasteiger partial charge in [-0.15, -0.1) is 0 Å². The molecule has 2 rings (SSSR count). The molecule has 140 valence electrons. The van der Waals surface area contributed by atoms with Crippen molar-refractivity contribution in [3.05, 3.63) is 23.8 Å². The molecule has 0 aromatic heterocycles. The SMILES string of the molecule is CCN(C)C(C)CCNC(=O)N1CCCOc2c(cccc2OC)C1. The van der Waals surface area contributed by atoms with Crippen LogP contribution in [0.4, 0.5) is 4.79 Å². The normalized spacial score (nSPS) is 15.6. The Morgan fingerprint density at radius 3 is 3.00 bits per heavy atom. The predicted octanol–water partition coefficient (Wildman–Crippen LogP) is 2.72. The number of carbonyl (C=O) groups is 1. The van der Waals surface area contributed by atoms with Crippen LogP contribution >= 0.6 is 0 Å². The summed E-state index contributed by atoms with van der Waals surface area (Å²) >= 11 is 0. The van der Waals surface area contributed by atoms with E-state index in [1.54, 1.807) is 7.11 Å². The topological polar surface area (TPSA) is 54.0 Å². The van der Waals surface area contributed by atoms with Crippen molar-refractivity contribution in [1.82, 2.24) is 15.1 Å². The number of benzene rings is 1. The summed E-state index contributed by atoms with van der Waals surface area (Å²) in [5.74, 6) is 1.47. The fourth-order valence-electron chi connectivity index (χ4n) is 2.93. The van der Waals surface area contributed by atoms with Gasteiger partial charge in [-0.1, -0.05) is 19.1 Å². The van der Waals surface area contributed by atoms with Crippen LogP contribution in [0.3, 0.4) is 0 Å². The second-order valence-electron chi connectivity index (χ2n) is 6.51. The third-order valence-electron chi connectivity index (χ3n) is 4.84. The van der Waals surface area contributed by atoms with E-state index in [9.17, 15) is 4.79 Å². The number of ether oxygens (including phenoxy) is 2. The van der Waals surface area contributed by atoms with Crippen LogP contribution in [0, 0.1) is 0 Å². The average molecular weight is 349 g/mol. The van der Waals surface area contributed by atoms with Crippen molar-refractivity contribution in [1.29, 1.82) is 0 Å². The minimum atomic E-state index is -0.0120. The molecular formula is C19H31N3O3. The molecule has 0 aliphatic carbocycles. The second kappa shape index (κ2) is 9.51. The van der Waals surface area contributed by atoms with Gasteiger partial charge in [-0.05, 0) is 39.4 Å². The van der Waals surface area contributed by atoms with Crippen LogP contribution in [0.15, 0.2) is 18.2 Å². The lowest BCUT2D eigenvalue weighted by Crippen LogP contribution is -2.42. The van der Waals surface area contributed by atoms with Crippen LogP contribution in [0.5, 0.6) is 11.5 Å². The Morgan fingerprint density at radius 1 is 1.48 bits per heavy atom. The predicted molar refractivity (Wildman–Crippen MR) is 99.3 cm³/mol. The minimum Gasteiger partial charge on any atom is -0.493 e. The summed E-state index contributed by atoms with van der Waals surface area (Å²) in [6.07, 6.45) is 1.75. The van der Waals surface area contributed by atoms with Gasteiger partial charge in [-0.3, -0.25) is 0 Å². The molecule has 1 aliphatic heterocycles. The molecule has 0 spiro atoms. The van der Waals surface area contributed by atoms with Gasteiger partial charge in [0.1, 0.15) is 0 Å². The molecule has 0 saturated heterocycles. The van der Waals surface area contributed by atoms with Gasteiger partial charge in [-0.25, -0.2) is 4.79 Å². The van der Waals surface area contributed by atoms with Gasteiger partial charge >= 0.3 is 6.03 Å². The highest BCUT2D eigenvalue weighted by atomic mass is 16.5. The lowest BCUT2D eigenvalue weighted by atomic mass is 10.1. The van der Waals surface area contributed by atoms with Crippen LogP contribution in [-0.4, -0.2) is 62.3 Å². The van der Waals surface area contributed by atoms with E-state index < -0.39 is 0 Å². The maximum atomic E-state index is 12.6. The summed E-state index contributed by atoms with van der Waals surface area (Å²) < 4.78 is 11.2. The summed E-state index contributed by atoms with van der Waals surface area (Å²) in [6, 6.07) is 6.25. The van der Waals surface area contributed by atoms with Crippen molar-refractivity contribution in [2.24, 2.45) is 0 Å². The third-order valence-corrected chi connectivity index (χ3v) is 4.84. The number of fused-ring (bicyclic) bond motifs is 1. The van der Waals surface area contributed by atoms with E-state index in [1.807, 2.05) is 23.1 Å². The zero-order valence-electron chi connectivity index (χ0n) is 15.9. The third kappa shape index (κ3) is 5.26. The van der Waals surface area contributed by atoms with Crippen molar-refractivity contribution in [2.45, 2.75) is 39.3 Å². The van der Waals surface area contributed by atoms with Crippen molar-refractivity contribution in [3.63, 3.8) is 0 Å². The first-order chi connectivity index (χ1) is 12.1. The van der Waals surface area contributed by atoms with Crippen LogP contribution in [0.1, 0.15) is 32.3 Å². The zero-order chi connectivity index (χ0) is 18.2. The first-order valence-corrected chi connectivity index (χ1v) is 9.08. The Morgan fingerprint density at radius 2 is 2.28 bits per heavy atom. The van der Waals surface area contributed by atoms with Crippen LogP contribution < -0.4 is 14.8 Å². The number of nitrogens with zero attached hydrogens (tertiary/aromatic N) is 2. The molecule has 1 heterocycles. The van der Waals surface area contributed by atoms with Gasteiger partial charge in [-0.2, -0.15) is 0 Å². The highest BCUT2D eigenvalue weighted by Crippen LogP contribution is 2.33. The number of hydrogen-bond acceptors (Lipinski definition) is 4. The summed E-state index contributed by atoms with van der Waals surface area (Å²) in [7, 11) is 3.74. The lowest BCUT2D eigenvalue weighted by Gasteiger charge is -2.28. The first-order valence-electron chi connectivity index (χ1n) is 9.08. The van der Waals surface area contributed by atoms with E-state index in [0.29, 0.717) is 32.3 Å². The summed E-state index contributed by atoms with van der Waals surface area (Å²) in [5.41, 5.74) is 0.980. The van der Waals surface area contributed by atoms with Gasteiger partial charge in [0.2, 0.25) is 0 Å². The van der Waals surface area contributed by atoms with Gasteiger partial charge in [0.15, 0.2) is 11.5 Å². The Kier molecular flexibility index (Phi) is 7.37. The Labute approximate surface area is 151 Å². The average Bonchev–Trinajstić information content (AvgIpc) is 2.60. The Balaban J connectivity index is 1.95. The summed E-state index contributed by atoms with van der Waals surface area (Å²) in [6.45, 7) is 7.82. The largest absolute Gasteiger partial charge is 0.493 e. The molecule has 2 amide bonds. The maximum absolute atomic E-state index is 12.6. The van der Waals surface area contributed by atoms with Crippen LogP contribution in [-0.2, 0) is 6.54 Å². The van der Waals surface area contributed by atoms with Gasteiger partial charge < -0.3 is 24.6 Å². The molecule has 25 heavy (non-hydrogen) atoms. The number of urea groups is 1. The molecule has 1 N–H and O–H groups in total. The van der Waals surface area contributed by atoms with E-state index in [4.69, 9.17) is 9.47 Å². The number of methoxy groups -OCH3 is 1. The van der Waals surface area contributed by atoms with Crippen LogP contribution in [0.25, 0.3) is 0 Å². The molecule has 1 atom stereocenters. The molecule has 1 unspecified atom stereocenters. The number of rotatable bonds is 6.